The first-order chi connectivity index (χ1) is 14.0. The quantitative estimate of drug-likeness (QED) is 0.837. The molecule has 0 spiro atoms. The number of nitrogens with one attached hydrogen (secondary N) is 1. The lowest BCUT2D eigenvalue weighted by atomic mass is 10.1. The molecule has 0 radical (unpaired) electrons. The Hall–Kier alpha value is -2.64. The molecule has 2 heterocycles. The van der Waals surface area contributed by atoms with Gasteiger partial charge in [-0.05, 0) is 43.3 Å². The minimum absolute atomic E-state index is 0.178. The van der Waals surface area contributed by atoms with Crippen molar-refractivity contribution in [3.8, 4) is 11.5 Å². The number of nitrogens with zero attached hydrogens (tertiary/aromatic N) is 2. The van der Waals surface area contributed by atoms with Crippen LogP contribution in [0.5, 0.6) is 11.5 Å². The second-order valence-electron chi connectivity index (χ2n) is 7.60. The zero-order valence-electron chi connectivity index (χ0n) is 16.6. The van der Waals surface area contributed by atoms with Gasteiger partial charge in [0.2, 0.25) is 0 Å². The molecule has 0 aromatic heterocycles. The highest BCUT2D eigenvalue weighted by Crippen LogP contribution is 2.36. The average molecular weight is 399 g/mol. The highest BCUT2D eigenvalue weighted by atomic mass is 19.1. The maximum atomic E-state index is 13.0. The van der Waals surface area contributed by atoms with Crippen molar-refractivity contribution >= 4 is 5.91 Å². The van der Waals surface area contributed by atoms with Crippen LogP contribution >= 0.6 is 0 Å². The molecule has 1 atom stereocenters. The fourth-order valence-corrected chi connectivity index (χ4v) is 3.76. The Bertz CT molecular complexity index is 853. The standard InChI is InChI=1S/C22H26FN3O3/c1-22(16-28-19-4-2-3-5-20(19)29-22)26-14-12-25(13-15-26)11-10-24-21(27)17-6-8-18(23)9-7-17/h2-9H,10-16H2,1H3,(H,24,27). The van der Waals surface area contributed by atoms with Crippen molar-refractivity contribution in [1.29, 1.82) is 0 Å². The molecule has 1 fully saturated rings. The zero-order chi connectivity index (χ0) is 20.3. The van der Waals surface area contributed by atoms with Gasteiger partial charge in [-0.25, -0.2) is 4.39 Å². The van der Waals surface area contributed by atoms with E-state index in [0.717, 1.165) is 44.2 Å². The van der Waals surface area contributed by atoms with Gasteiger partial charge in [-0.1, -0.05) is 12.1 Å². The van der Waals surface area contributed by atoms with Crippen LogP contribution in [0.4, 0.5) is 4.39 Å². The molecule has 29 heavy (non-hydrogen) atoms. The van der Waals surface area contributed by atoms with Crippen molar-refractivity contribution in [2.75, 3.05) is 45.9 Å². The summed E-state index contributed by atoms with van der Waals surface area (Å²) in [6.07, 6.45) is 0. The fraction of sp³-hybridized carbons (Fsp3) is 0.409. The Labute approximate surface area is 170 Å². The van der Waals surface area contributed by atoms with E-state index in [-0.39, 0.29) is 11.7 Å². The summed E-state index contributed by atoms with van der Waals surface area (Å²) in [5, 5.41) is 2.90. The number of amides is 1. The lowest BCUT2D eigenvalue weighted by Gasteiger charge is -2.47. The van der Waals surface area contributed by atoms with E-state index in [2.05, 4.69) is 22.0 Å². The van der Waals surface area contributed by atoms with Gasteiger partial charge in [-0.3, -0.25) is 14.6 Å². The molecule has 1 N–H and O–H groups in total. The van der Waals surface area contributed by atoms with Crippen LogP contribution < -0.4 is 14.8 Å². The van der Waals surface area contributed by atoms with E-state index in [0.29, 0.717) is 18.7 Å². The number of ether oxygens (including phenoxy) is 2. The van der Waals surface area contributed by atoms with Crippen LogP contribution in [-0.2, 0) is 0 Å². The summed E-state index contributed by atoms with van der Waals surface area (Å²) in [5.41, 5.74) is -0.00378. The molecule has 0 saturated carbocycles. The summed E-state index contributed by atoms with van der Waals surface area (Å²) in [6, 6.07) is 13.3. The molecule has 2 aromatic carbocycles. The maximum absolute atomic E-state index is 13.0. The van der Waals surface area contributed by atoms with Gasteiger partial charge >= 0.3 is 0 Å². The molecule has 2 aliphatic rings. The molecular weight excluding hydrogens is 373 g/mol. The first-order valence-corrected chi connectivity index (χ1v) is 9.95. The van der Waals surface area contributed by atoms with Crippen LogP contribution in [0.1, 0.15) is 17.3 Å². The molecule has 1 amide bonds. The fourth-order valence-electron chi connectivity index (χ4n) is 3.76. The lowest BCUT2D eigenvalue weighted by Crippen LogP contribution is -2.62. The largest absolute Gasteiger partial charge is 0.484 e. The molecule has 7 heteroatoms. The number of benzene rings is 2. The van der Waals surface area contributed by atoms with Gasteiger partial charge in [-0.15, -0.1) is 0 Å². The average Bonchev–Trinajstić information content (AvgIpc) is 2.74. The van der Waals surface area contributed by atoms with E-state index in [9.17, 15) is 9.18 Å². The van der Waals surface area contributed by atoms with Crippen LogP contribution in [0.25, 0.3) is 0 Å². The predicted octanol–water partition coefficient (Wildman–Crippen LogP) is 2.36. The molecule has 1 unspecified atom stereocenters. The molecule has 0 bridgehead atoms. The molecule has 1 saturated heterocycles. The van der Waals surface area contributed by atoms with Crippen molar-refractivity contribution in [3.05, 3.63) is 59.9 Å². The van der Waals surface area contributed by atoms with Crippen molar-refractivity contribution in [3.63, 3.8) is 0 Å². The normalized spacial score (nSPS) is 22.3. The molecule has 154 valence electrons. The third-order valence-corrected chi connectivity index (χ3v) is 5.54. The molecular formula is C22H26FN3O3. The Morgan fingerprint density at radius 3 is 2.48 bits per heavy atom. The number of carbonyl (C=O) groups excluding carboxylic acids is 1. The summed E-state index contributed by atoms with van der Waals surface area (Å²) < 4.78 is 25.1. The van der Waals surface area contributed by atoms with Crippen molar-refractivity contribution in [2.45, 2.75) is 12.6 Å². The third-order valence-electron chi connectivity index (χ3n) is 5.54. The number of hydrogen-bond donors (Lipinski definition) is 1. The number of carbonyl (C=O) groups is 1. The monoisotopic (exact) mass is 399 g/mol. The van der Waals surface area contributed by atoms with Gasteiger partial charge in [-0.2, -0.15) is 0 Å². The van der Waals surface area contributed by atoms with E-state index in [1.165, 1.54) is 24.3 Å². The SMILES string of the molecule is CC1(N2CCN(CCNC(=O)c3ccc(F)cc3)CC2)COc2ccccc2O1. The van der Waals surface area contributed by atoms with Crippen molar-refractivity contribution in [1.82, 2.24) is 15.1 Å². The maximum Gasteiger partial charge on any atom is 0.251 e. The summed E-state index contributed by atoms with van der Waals surface area (Å²) in [6.45, 7) is 7.43. The summed E-state index contributed by atoms with van der Waals surface area (Å²) in [7, 11) is 0. The van der Waals surface area contributed by atoms with E-state index >= 15 is 0 Å². The molecule has 2 aliphatic heterocycles. The number of fused-ring (bicyclic) bond motifs is 1. The van der Waals surface area contributed by atoms with E-state index in [1.54, 1.807) is 0 Å². The second kappa shape index (κ2) is 8.39. The summed E-state index contributed by atoms with van der Waals surface area (Å²) >= 11 is 0. The minimum atomic E-state index is -0.475. The molecule has 6 nitrogen and oxygen atoms in total. The highest BCUT2D eigenvalue weighted by Gasteiger charge is 2.40. The lowest BCUT2D eigenvalue weighted by molar-refractivity contribution is -0.128. The van der Waals surface area contributed by atoms with Crippen molar-refractivity contribution in [2.24, 2.45) is 0 Å². The van der Waals surface area contributed by atoms with E-state index < -0.39 is 5.72 Å². The Kier molecular flexibility index (Phi) is 5.69. The van der Waals surface area contributed by atoms with Crippen LogP contribution in [-0.4, -0.2) is 67.3 Å². The zero-order valence-corrected chi connectivity index (χ0v) is 16.6. The first-order valence-electron chi connectivity index (χ1n) is 9.95. The minimum Gasteiger partial charge on any atom is -0.484 e. The van der Waals surface area contributed by atoms with Crippen LogP contribution in [0.15, 0.2) is 48.5 Å². The number of hydrogen-bond acceptors (Lipinski definition) is 5. The van der Waals surface area contributed by atoms with Gasteiger partial charge in [0.25, 0.3) is 5.91 Å². The predicted molar refractivity (Wildman–Crippen MR) is 108 cm³/mol. The third kappa shape index (κ3) is 4.52. The number of halogens is 1. The second-order valence-corrected chi connectivity index (χ2v) is 7.60. The number of rotatable bonds is 5. The van der Waals surface area contributed by atoms with E-state index in [4.69, 9.17) is 9.47 Å². The summed E-state index contributed by atoms with van der Waals surface area (Å²) in [5.74, 6) is 1.05. The Morgan fingerprint density at radius 2 is 1.76 bits per heavy atom. The number of para-hydroxylation sites is 2. The van der Waals surface area contributed by atoms with E-state index in [1.807, 2.05) is 24.3 Å². The number of piperazine rings is 1. The first kappa shape index (κ1) is 19.7. The van der Waals surface area contributed by atoms with Gasteiger partial charge in [0.05, 0.1) is 0 Å². The Balaban J connectivity index is 1.23. The Morgan fingerprint density at radius 1 is 1.07 bits per heavy atom. The highest BCUT2D eigenvalue weighted by molar-refractivity contribution is 5.94. The van der Waals surface area contributed by atoms with Crippen LogP contribution in [0, 0.1) is 5.82 Å². The van der Waals surface area contributed by atoms with Gasteiger partial charge in [0, 0.05) is 44.8 Å². The van der Waals surface area contributed by atoms with Gasteiger partial charge in [0.1, 0.15) is 12.4 Å². The van der Waals surface area contributed by atoms with Gasteiger partial charge < -0.3 is 14.8 Å². The van der Waals surface area contributed by atoms with Crippen molar-refractivity contribution < 1.29 is 18.7 Å². The molecule has 0 aliphatic carbocycles. The summed E-state index contributed by atoms with van der Waals surface area (Å²) in [4.78, 5) is 16.7. The van der Waals surface area contributed by atoms with Crippen LogP contribution in [0.2, 0.25) is 0 Å². The molecule has 2 aromatic rings. The topological polar surface area (TPSA) is 54.0 Å². The van der Waals surface area contributed by atoms with Gasteiger partial charge in [0.15, 0.2) is 17.2 Å². The smallest absolute Gasteiger partial charge is 0.251 e. The van der Waals surface area contributed by atoms with Crippen LogP contribution in [0.3, 0.4) is 0 Å². The molecule has 4 rings (SSSR count).